The Morgan fingerprint density at radius 1 is 0.323 bits per heavy atom. The van der Waals surface area contributed by atoms with Gasteiger partial charge in [-0.15, -0.1) is 11.3 Å². The molecule has 0 bridgehead atoms. The van der Waals surface area contributed by atoms with Gasteiger partial charge in [-0.05, 0) is 86.0 Å². The monoisotopic (exact) mass is 806 g/mol. The third-order valence-corrected chi connectivity index (χ3v) is 13.8. The molecule has 2 nitrogen and oxygen atoms in total. The van der Waals surface area contributed by atoms with Crippen molar-refractivity contribution in [3.05, 3.63) is 253 Å². The third kappa shape index (κ3) is 5.85. The lowest BCUT2D eigenvalue weighted by Gasteiger charge is -2.33. The Balaban J connectivity index is 0.988. The number of aromatic nitrogens is 2. The zero-order valence-electron chi connectivity index (χ0n) is 33.7. The van der Waals surface area contributed by atoms with Crippen LogP contribution in [0.1, 0.15) is 22.3 Å². The summed E-state index contributed by atoms with van der Waals surface area (Å²) in [5, 5.41) is 2.62. The molecule has 0 radical (unpaired) electrons. The average molecular weight is 807 g/mol. The van der Waals surface area contributed by atoms with E-state index in [0.717, 1.165) is 39.2 Å². The van der Waals surface area contributed by atoms with Crippen molar-refractivity contribution in [1.82, 2.24) is 9.97 Å². The zero-order valence-corrected chi connectivity index (χ0v) is 34.6. The summed E-state index contributed by atoms with van der Waals surface area (Å²) in [5.41, 5.74) is 16.7. The maximum atomic E-state index is 5.29. The molecule has 0 N–H and O–H groups in total. The Bertz CT molecular complexity index is 3420. The number of nitrogens with zero attached hydrogens (tertiary/aromatic N) is 2. The topological polar surface area (TPSA) is 25.8 Å². The fourth-order valence-electron chi connectivity index (χ4n) is 9.77. The minimum Gasteiger partial charge on any atom is -0.228 e. The standard InChI is InChI=1S/C59H38N2S/c1-4-17-39(18-5-1)58-60-54(43-22-15-20-41(36-43)40-19-14-21-42(35-40)47-29-16-30-50-49-28-11-13-32-56(49)62-57(47)50)38-55(61-58)44-33-34-53-51(37-44)48-27-10-12-31-52(48)59(53,45-23-6-2-7-24-45)46-25-8-3-9-26-46/h1-38H. The Morgan fingerprint density at radius 2 is 0.839 bits per heavy atom. The van der Waals surface area contributed by atoms with Crippen LogP contribution in [-0.2, 0) is 5.41 Å². The van der Waals surface area contributed by atoms with Gasteiger partial charge in [0.1, 0.15) is 0 Å². The van der Waals surface area contributed by atoms with Crippen LogP contribution in [-0.4, -0.2) is 9.97 Å². The Hall–Kier alpha value is -7.72. The first-order valence-corrected chi connectivity index (χ1v) is 22.0. The van der Waals surface area contributed by atoms with Gasteiger partial charge in [0.05, 0.1) is 16.8 Å². The first-order valence-electron chi connectivity index (χ1n) is 21.1. The van der Waals surface area contributed by atoms with Crippen molar-refractivity contribution in [2.24, 2.45) is 0 Å². The summed E-state index contributed by atoms with van der Waals surface area (Å²) in [7, 11) is 0. The summed E-state index contributed by atoms with van der Waals surface area (Å²) < 4.78 is 2.64. The Labute approximate surface area is 365 Å². The van der Waals surface area contributed by atoms with Crippen LogP contribution in [0.3, 0.4) is 0 Å². The highest BCUT2D eigenvalue weighted by Crippen LogP contribution is 2.56. The van der Waals surface area contributed by atoms with E-state index >= 15 is 0 Å². The molecular weight excluding hydrogens is 769 g/mol. The van der Waals surface area contributed by atoms with Crippen LogP contribution in [0.4, 0.5) is 0 Å². The molecule has 0 unspecified atom stereocenters. The van der Waals surface area contributed by atoms with Crippen LogP contribution in [0.5, 0.6) is 0 Å². The summed E-state index contributed by atoms with van der Waals surface area (Å²) in [6, 6.07) is 83.3. The van der Waals surface area contributed by atoms with Crippen molar-refractivity contribution < 1.29 is 0 Å². The van der Waals surface area contributed by atoms with Gasteiger partial charge in [-0.2, -0.15) is 0 Å². The molecule has 3 heteroatoms. The van der Waals surface area contributed by atoms with Crippen LogP contribution in [0.25, 0.3) is 87.5 Å². The fraction of sp³-hybridized carbons (Fsp3) is 0.0169. The smallest absolute Gasteiger partial charge is 0.160 e. The molecule has 0 fully saturated rings. The number of benzene rings is 9. The van der Waals surface area contributed by atoms with Gasteiger partial charge in [-0.25, -0.2) is 9.97 Å². The van der Waals surface area contributed by atoms with Crippen molar-refractivity contribution in [2.45, 2.75) is 5.41 Å². The summed E-state index contributed by atoms with van der Waals surface area (Å²) in [6.45, 7) is 0. The highest BCUT2D eigenvalue weighted by Gasteiger charge is 2.46. The van der Waals surface area contributed by atoms with E-state index in [4.69, 9.17) is 9.97 Å². The molecule has 0 aliphatic heterocycles. The van der Waals surface area contributed by atoms with E-state index < -0.39 is 5.41 Å². The van der Waals surface area contributed by atoms with Gasteiger partial charge in [0.25, 0.3) is 0 Å². The van der Waals surface area contributed by atoms with E-state index in [1.54, 1.807) is 0 Å². The lowest BCUT2D eigenvalue weighted by atomic mass is 9.67. The van der Waals surface area contributed by atoms with Gasteiger partial charge in [-0.3, -0.25) is 0 Å². The van der Waals surface area contributed by atoms with Crippen LogP contribution < -0.4 is 0 Å². The Morgan fingerprint density at radius 3 is 1.58 bits per heavy atom. The molecule has 1 aliphatic carbocycles. The molecule has 9 aromatic carbocycles. The molecule has 0 amide bonds. The highest BCUT2D eigenvalue weighted by atomic mass is 32.1. The molecule has 11 aromatic rings. The normalized spacial score (nSPS) is 12.6. The van der Waals surface area contributed by atoms with E-state index in [0.29, 0.717) is 5.82 Å². The van der Waals surface area contributed by atoms with Gasteiger partial charge in [0.2, 0.25) is 0 Å². The fourth-order valence-corrected chi connectivity index (χ4v) is 11.0. The second-order valence-electron chi connectivity index (χ2n) is 16.1. The van der Waals surface area contributed by atoms with Crippen LogP contribution in [0.15, 0.2) is 231 Å². The molecule has 2 heterocycles. The van der Waals surface area contributed by atoms with Crippen LogP contribution in [0.2, 0.25) is 0 Å². The predicted octanol–water partition coefficient (Wildman–Crippen LogP) is 15.5. The molecule has 1 aliphatic rings. The zero-order chi connectivity index (χ0) is 41.0. The summed E-state index contributed by atoms with van der Waals surface area (Å²) >= 11 is 1.87. The summed E-state index contributed by atoms with van der Waals surface area (Å²) in [4.78, 5) is 10.5. The van der Waals surface area contributed by atoms with E-state index in [2.05, 4.69) is 224 Å². The minimum absolute atomic E-state index is 0.457. The number of thiophene rings is 1. The van der Waals surface area contributed by atoms with Gasteiger partial charge >= 0.3 is 0 Å². The summed E-state index contributed by atoms with van der Waals surface area (Å²) in [6.07, 6.45) is 0. The van der Waals surface area contributed by atoms with Crippen molar-refractivity contribution in [3.63, 3.8) is 0 Å². The van der Waals surface area contributed by atoms with Crippen LogP contribution >= 0.6 is 11.3 Å². The molecule has 0 spiro atoms. The van der Waals surface area contributed by atoms with Gasteiger partial charge in [0.15, 0.2) is 5.82 Å². The predicted molar refractivity (Wildman–Crippen MR) is 259 cm³/mol. The molecule has 62 heavy (non-hydrogen) atoms. The second kappa shape index (κ2) is 14.8. The van der Waals surface area contributed by atoms with E-state index in [9.17, 15) is 0 Å². The third-order valence-electron chi connectivity index (χ3n) is 12.6. The number of rotatable bonds is 7. The maximum Gasteiger partial charge on any atom is 0.160 e. The molecule has 2 aromatic heterocycles. The average Bonchev–Trinajstić information content (AvgIpc) is 3.89. The molecule has 0 saturated carbocycles. The first-order chi connectivity index (χ1) is 30.7. The SMILES string of the molecule is c1ccc(-c2nc(-c3cccc(-c4cccc(-c5cccc6c5sc5ccccc56)c4)c3)cc(-c3ccc4c(c3)-c3ccccc3C4(c3ccccc3)c3ccccc3)n2)cc1. The van der Waals surface area contributed by atoms with Crippen molar-refractivity contribution in [1.29, 1.82) is 0 Å². The molecule has 0 atom stereocenters. The second-order valence-corrected chi connectivity index (χ2v) is 17.1. The van der Waals surface area contributed by atoms with E-state index in [-0.39, 0.29) is 0 Å². The molecule has 12 rings (SSSR count). The Kier molecular flexibility index (Phi) is 8.62. The number of fused-ring (bicyclic) bond motifs is 6. The lowest BCUT2D eigenvalue weighted by Crippen LogP contribution is -2.28. The minimum atomic E-state index is -0.457. The van der Waals surface area contributed by atoms with Crippen molar-refractivity contribution in [2.75, 3.05) is 0 Å². The lowest BCUT2D eigenvalue weighted by molar-refractivity contribution is 0.768. The van der Waals surface area contributed by atoms with E-state index in [1.165, 1.54) is 64.7 Å². The van der Waals surface area contributed by atoms with E-state index in [1.807, 2.05) is 17.4 Å². The molecule has 290 valence electrons. The molecule has 0 saturated heterocycles. The van der Waals surface area contributed by atoms with Gasteiger partial charge in [-0.1, -0.05) is 200 Å². The maximum absolute atomic E-state index is 5.29. The number of hydrogen-bond donors (Lipinski definition) is 0. The van der Waals surface area contributed by atoms with Crippen molar-refractivity contribution >= 4 is 31.5 Å². The van der Waals surface area contributed by atoms with Gasteiger partial charge in [0, 0.05) is 36.9 Å². The quantitative estimate of drug-likeness (QED) is 0.160. The number of hydrogen-bond acceptors (Lipinski definition) is 3. The summed E-state index contributed by atoms with van der Waals surface area (Å²) in [5.74, 6) is 0.700. The largest absolute Gasteiger partial charge is 0.228 e. The van der Waals surface area contributed by atoms with Crippen molar-refractivity contribution in [3.8, 4) is 67.3 Å². The van der Waals surface area contributed by atoms with Gasteiger partial charge < -0.3 is 0 Å². The highest BCUT2D eigenvalue weighted by molar-refractivity contribution is 7.26. The first kappa shape index (κ1) is 36.2. The molecular formula is C59H38N2S. The van der Waals surface area contributed by atoms with Crippen LogP contribution in [0, 0.1) is 0 Å².